The van der Waals surface area contributed by atoms with Crippen molar-refractivity contribution in [3.8, 4) is 55.6 Å². The first kappa shape index (κ1) is 22.6. The van der Waals surface area contributed by atoms with Crippen molar-refractivity contribution in [1.82, 2.24) is 0 Å². The quantitative estimate of drug-likeness (QED) is 0.248. The Hall–Kier alpha value is -4.88. The van der Waals surface area contributed by atoms with Crippen molar-refractivity contribution in [3.63, 3.8) is 0 Å². The Morgan fingerprint density at radius 2 is 0.676 bits per heavy atom. The van der Waals surface area contributed by atoms with Gasteiger partial charge in [-0.1, -0.05) is 133 Å². The summed E-state index contributed by atoms with van der Waals surface area (Å²) in [5.74, 6) is 0. The molecule has 0 aliphatic heterocycles. The predicted octanol–water partition coefficient (Wildman–Crippen LogP) is 9.60. The predicted molar refractivity (Wildman–Crippen MR) is 158 cm³/mol. The molecule has 1 nitrogen and oxygen atoms in total. The number of nitrogens with two attached hydrogens (primary N) is 1. The molecule has 0 bridgehead atoms. The van der Waals surface area contributed by atoms with Crippen molar-refractivity contribution in [2.75, 3.05) is 5.73 Å². The molecule has 0 amide bonds. The minimum Gasteiger partial charge on any atom is -0.399 e. The number of hydrogen-bond donors (Lipinski definition) is 1. The van der Waals surface area contributed by atoms with Crippen LogP contribution in [0.15, 0.2) is 152 Å². The van der Waals surface area contributed by atoms with E-state index in [4.69, 9.17) is 5.73 Å². The first-order chi connectivity index (χ1) is 18.3. The summed E-state index contributed by atoms with van der Waals surface area (Å²) < 4.78 is 0. The lowest BCUT2D eigenvalue weighted by atomic mass is 9.79. The molecule has 0 heterocycles. The Morgan fingerprint density at radius 3 is 1.14 bits per heavy atom. The van der Waals surface area contributed by atoms with Gasteiger partial charge >= 0.3 is 0 Å². The monoisotopic (exact) mass is 473 g/mol. The third-order valence-electron chi connectivity index (χ3n) is 6.80. The van der Waals surface area contributed by atoms with Gasteiger partial charge < -0.3 is 5.73 Å². The SMILES string of the molecule is Nc1cccc(-c2cc(-c3ccccc3)c(-c3ccccc3)c(-c3ccccc3)c2-c2ccccc2)c1. The minimum atomic E-state index is 0.756. The lowest BCUT2D eigenvalue weighted by Gasteiger charge is -2.24. The number of nitrogen functional groups attached to an aromatic ring is 1. The zero-order chi connectivity index (χ0) is 25.0. The molecular weight excluding hydrogens is 446 g/mol. The van der Waals surface area contributed by atoms with Crippen molar-refractivity contribution < 1.29 is 0 Å². The summed E-state index contributed by atoms with van der Waals surface area (Å²) in [6, 6.07) is 53.4. The van der Waals surface area contributed by atoms with Crippen molar-refractivity contribution in [3.05, 3.63) is 152 Å². The highest BCUT2D eigenvalue weighted by atomic mass is 14.5. The maximum atomic E-state index is 6.30. The van der Waals surface area contributed by atoms with E-state index in [1.165, 1.54) is 44.5 Å². The average molecular weight is 474 g/mol. The van der Waals surface area contributed by atoms with Gasteiger partial charge in [0.05, 0.1) is 0 Å². The van der Waals surface area contributed by atoms with Crippen LogP contribution in [-0.2, 0) is 0 Å². The van der Waals surface area contributed by atoms with E-state index >= 15 is 0 Å². The van der Waals surface area contributed by atoms with Crippen molar-refractivity contribution >= 4 is 5.69 Å². The van der Waals surface area contributed by atoms with E-state index in [0.29, 0.717) is 0 Å². The Bertz CT molecular complexity index is 1640. The van der Waals surface area contributed by atoms with Gasteiger partial charge in [-0.05, 0) is 73.8 Å². The van der Waals surface area contributed by atoms with Crippen LogP contribution in [0.3, 0.4) is 0 Å². The third kappa shape index (κ3) is 4.44. The van der Waals surface area contributed by atoms with Crippen LogP contribution in [0.1, 0.15) is 0 Å². The normalized spacial score (nSPS) is 10.8. The molecule has 0 atom stereocenters. The molecule has 2 N–H and O–H groups in total. The molecule has 0 unspecified atom stereocenters. The van der Waals surface area contributed by atoms with Crippen molar-refractivity contribution in [2.45, 2.75) is 0 Å². The molecule has 0 saturated heterocycles. The largest absolute Gasteiger partial charge is 0.399 e. The molecule has 0 aliphatic rings. The third-order valence-corrected chi connectivity index (χ3v) is 6.80. The van der Waals surface area contributed by atoms with Gasteiger partial charge in [-0.2, -0.15) is 0 Å². The fourth-order valence-corrected chi connectivity index (χ4v) is 5.17. The van der Waals surface area contributed by atoms with E-state index in [1.807, 2.05) is 12.1 Å². The lowest BCUT2D eigenvalue weighted by Crippen LogP contribution is -1.98. The maximum Gasteiger partial charge on any atom is 0.0320 e. The van der Waals surface area contributed by atoms with Gasteiger partial charge in [0.2, 0.25) is 0 Å². The van der Waals surface area contributed by atoms with Crippen LogP contribution in [0.25, 0.3) is 55.6 Å². The Labute approximate surface area is 218 Å². The highest BCUT2D eigenvalue weighted by molar-refractivity contribution is 6.07. The second-order valence-electron chi connectivity index (χ2n) is 9.19. The number of hydrogen-bond acceptors (Lipinski definition) is 1. The molecule has 0 aromatic heterocycles. The molecular formula is C36H27N. The molecule has 6 aromatic carbocycles. The summed E-state index contributed by atoms with van der Waals surface area (Å²) in [5.41, 5.74) is 18.9. The molecule has 1 heteroatoms. The molecule has 37 heavy (non-hydrogen) atoms. The summed E-state index contributed by atoms with van der Waals surface area (Å²) in [5, 5.41) is 0. The second-order valence-corrected chi connectivity index (χ2v) is 9.19. The summed E-state index contributed by atoms with van der Waals surface area (Å²) in [4.78, 5) is 0. The molecule has 6 aromatic rings. The van der Waals surface area contributed by atoms with Crippen LogP contribution in [0.4, 0.5) is 5.69 Å². The second kappa shape index (κ2) is 10.0. The van der Waals surface area contributed by atoms with Gasteiger partial charge in [-0.3, -0.25) is 0 Å². The fraction of sp³-hybridized carbons (Fsp3) is 0. The van der Waals surface area contributed by atoms with Crippen molar-refractivity contribution in [2.24, 2.45) is 0 Å². The topological polar surface area (TPSA) is 26.0 Å². The van der Waals surface area contributed by atoms with Gasteiger partial charge in [-0.25, -0.2) is 0 Å². The zero-order valence-electron chi connectivity index (χ0n) is 20.5. The molecule has 0 aliphatic carbocycles. The number of anilines is 1. The fourth-order valence-electron chi connectivity index (χ4n) is 5.17. The summed E-state index contributed by atoms with van der Waals surface area (Å²) >= 11 is 0. The Balaban J connectivity index is 1.85. The van der Waals surface area contributed by atoms with Gasteiger partial charge in [-0.15, -0.1) is 0 Å². The van der Waals surface area contributed by atoms with Crippen LogP contribution in [0.2, 0.25) is 0 Å². The minimum absolute atomic E-state index is 0.756. The van der Waals surface area contributed by atoms with E-state index in [1.54, 1.807) is 0 Å². The van der Waals surface area contributed by atoms with E-state index in [-0.39, 0.29) is 0 Å². The van der Waals surface area contributed by atoms with E-state index in [2.05, 4.69) is 140 Å². The Morgan fingerprint density at radius 1 is 0.297 bits per heavy atom. The molecule has 0 radical (unpaired) electrons. The highest BCUT2D eigenvalue weighted by Gasteiger charge is 2.23. The van der Waals surface area contributed by atoms with E-state index < -0.39 is 0 Å². The van der Waals surface area contributed by atoms with Crippen LogP contribution in [0.5, 0.6) is 0 Å². The standard InChI is InChI=1S/C36H27N/c37-31-23-13-22-30(24-31)33-25-32(26-14-5-1-6-15-26)34(27-16-7-2-8-17-27)36(29-20-11-4-12-21-29)35(33)28-18-9-3-10-19-28/h1-25H,37H2. The first-order valence-corrected chi connectivity index (χ1v) is 12.6. The number of benzene rings is 6. The molecule has 0 saturated carbocycles. The zero-order valence-corrected chi connectivity index (χ0v) is 20.5. The molecule has 176 valence electrons. The smallest absolute Gasteiger partial charge is 0.0320 e. The van der Waals surface area contributed by atoms with Gasteiger partial charge in [0, 0.05) is 5.69 Å². The Kier molecular flexibility index (Phi) is 6.10. The van der Waals surface area contributed by atoms with Gasteiger partial charge in [0.1, 0.15) is 0 Å². The van der Waals surface area contributed by atoms with E-state index in [0.717, 1.165) is 16.8 Å². The maximum absolute atomic E-state index is 6.30. The van der Waals surface area contributed by atoms with Crippen LogP contribution < -0.4 is 5.73 Å². The summed E-state index contributed by atoms with van der Waals surface area (Å²) in [7, 11) is 0. The van der Waals surface area contributed by atoms with Crippen LogP contribution in [0, 0.1) is 0 Å². The average Bonchev–Trinajstić information content (AvgIpc) is 2.98. The number of rotatable bonds is 5. The molecule has 0 fully saturated rings. The highest BCUT2D eigenvalue weighted by Crippen LogP contribution is 2.50. The van der Waals surface area contributed by atoms with Crippen molar-refractivity contribution in [1.29, 1.82) is 0 Å². The molecule has 0 spiro atoms. The summed E-state index contributed by atoms with van der Waals surface area (Å²) in [6.07, 6.45) is 0. The van der Waals surface area contributed by atoms with Gasteiger partial charge in [0.25, 0.3) is 0 Å². The first-order valence-electron chi connectivity index (χ1n) is 12.6. The lowest BCUT2D eigenvalue weighted by molar-refractivity contribution is 1.53. The molecule has 6 rings (SSSR count). The summed E-state index contributed by atoms with van der Waals surface area (Å²) in [6.45, 7) is 0. The van der Waals surface area contributed by atoms with E-state index in [9.17, 15) is 0 Å². The van der Waals surface area contributed by atoms with Crippen LogP contribution in [-0.4, -0.2) is 0 Å². The van der Waals surface area contributed by atoms with Crippen LogP contribution >= 0.6 is 0 Å². The van der Waals surface area contributed by atoms with Gasteiger partial charge in [0.15, 0.2) is 0 Å².